The van der Waals surface area contributed by atoms with Gasteiger partial charge in [-0.25, -0.2) is 4.79 Å². The highest BCUT2D eigenvalue weighted by Crippen LogP contribution is 2.25. The van der Waals surface area contributed by atoms with Gasteiger partial charge in [0, 0.05) is 6.04 Å². The standard InChI is InChI=1S/C10H14N2O2/c1-7-9(13)12(10(14)11-7)8-5-3-2-4-6-8/h8H,1-6H2,(H,11,14). The molecule has 14 heavy (non-hydrogen) atoms. The van der Waals surface area contributed by atoms with Gasteiger partial charge in [-0.2, -0.15) is 0 Å². The van der Waals surface area contributed by atoms with Crippen LogP contribution in [0.25, 0.3) is 0 Å². The summed E-state index contributed by atoms with van der Waals surface area (Å²) in [6, 6.07) is -0.206. The van der Waals surface area contributed by atoms with E-state index in [4.69, 9.17) is 0 Å². The van der Waals surface area contributed by atoms with Crippen LogP contribution in [0, 0.1) is 0 Å². The van der Waals surface area contributed by atoms with Gasteiger partial charge in [0.1, 0.15) is 5.70 Å². The number of hydrogen-bond acceptors (Lipinski definition) is 2. The average Bonchev–Trinajstić information content (AvgIpc) is 2.43. The molecule has 3 amide bonds. The summed E-state index contributed by atoms with van der Waals surface area (Å²) in [5, 5.41) is 2.46. The summed E-state index contributed by atoms with van der Waals surface area (Å²) in [5.74, 6) is -0.248. The molecule has 1 aliphatic carbocycles. The van der Waals surface area contributed by atoms with Crippen molar-refractivity contribution in [2.75, 3.05) is 0 Å². The zero-order valence-corrected chi connectivity index (χ0v) is 8.08. The van der Waals surface area contributed by atoms with E-state index in [0.29, 0.717) is 0 Å². The Morgan fingerprint density at radius 3 is 2.36 bits per heavy atom. The number of nitrogens with one attached hydrogen (secondary N) is 1. The smallest absolute Gasteiger partial charge is 0.303 e. The van der Waals surface area contributed by atoms with Crippen LogP contribution in [0.4, 0.5) is 4.79 Å². The molecule has 1 aliphatic heterocycles. The van der Waals surface area contributed by atoms with Gasteiger partial charge < -0.3 is 5.32 Å². The van der Waals surface area contributed by atoms with Crippen molar-refractivity contribution >= 4 is 11.9 Å². The van der Waals surface area contributed by atoms with E-state index in [1.54, 1.807) is 0 Å². The summed E-state index contributed by atoms with van der Waals surface area (Å²) in [6.45, 7) is 3.51. The Morgan fingerprint density at radius 2 is 1.86 bits per heavy atom. The van der Waals surface area contributed by atoms with Crippen molar-refractivity contribution < 1.29 is 9.59 Å². The Kier molecular flexibility index (Phi) is 2.27. The molecular formula is C10H14N2O2. The maximum absolute atomic E-state index is 11.6. The summed E-state index contributed by atoms with van der Waals surface area (Å²) < 4.78 is 0. The largest absolute Gasteiger partial charge is 0.329 e. The molecule has 2 rings (SSSR count). The van der Waals surface area contributed by atoms with Gasteiger partial charge in [0.25, 0.3) is 5.91 Å². The predicted molar refractivity (Wildman–Crippen MR) is 51.4 cm³/mol. The minimum Gasteiger partial charge on any atom is -0.303 e. The SMILES string of the molecule is C=C1NC(=O)N(C2CCCCC2)C1=O. The lowest BCUT2D eigenvalue weighted by Crippen LogP contribution is -2.41. The molecule has 0 spiro atoms. The Morgan fingerprint density at radius 1 is 1.21 bits per heavy atom. The van der Waals surface area contributed by atoms with Gasteiger partial charge in [-0.3, -0.25) is 9.69 Å². The van der Waals surface area contributed by atoms with E-state index in [0.717, 1.165) is 25.7 Å². The number of hydrogen-bond donors (Lipinski definition) is 1. The van der Waals surface area contributed by atoms with Crippen LogP contribution in [-0.4, -0.2) is 22.9 Å². The zero-order chi connectivity index (χ0) is 10.1. The number of nitrogens with zero attached hydrogens (tertiary/aromatic N) is 1. The minimum absolute atomic E-state index is 0.0931. The van der Waals surface area contributed by atoms with Crippen LogP contribution in [0.2, 0.25) is 0 Å². The van der Waals surface area contributed by atoms with E-state index >= 15 is 0 Å². The van der Waals surface area contributed by atoms with Crippen LogP contribution in [-0.2, 0) is 4.79 Å². The number of rotatable bonds is 1. The second-order valence-corrected chi connectivity index (χ2v) is 3.88. The molecule has 2 fully saturated rings. The summed E-state index contributed by atoms with van der Waals surface area (Å²) in [5.41, 5.74) is 0.209. The minimum atomic E-state index is -0.299. The molecule has 0 bridgehead atoms. The van der Waals surface area contributed by atoms with Crippen LogP contribution in [0.1, 0.15) is 32.1 Å². The average molecular weight is 194 g/mol. The number of urea groups is 1. The van der Waals surface area contributed by atoms with Crippen molar-refractivity contribution in [2.45, 2.75) is 38.1 Å². The van der Waals surface area contributed by atoms with Gasteiger partial charge in [0.2, 0.25) is 0 Å². The van der Waals surface area contributed by atoms with Crippen molar-refractivity contribution in [2.24, 2.45) is 0 Å². The van der Waals surface area contributed by atoms with Crippen LogP contribution < -0.4 is 5.32 Å². The fraction of sp³-hybridized carbons (Fsp3) is 0.600. The summed E-state index contributed by atoms with van der Waals surface area (Å²) in [6.07, 6.45) is 5.29. The fourth-order valence-corrected chi connectivity index (χ4v) is 2.15. The van der Waals surface area contributed by atoms with E-state index in [2.05, 4.69) is 11.9 Å². The molecule has 1 saturated carbocycles. The first kappa shape index (κ1) is 9.24. The second kappa shape index (κ2) is 3.44. The third kappa shape index (κ3) is 1.41. The van der Waals surface area contributed by atoms with Crippen molar-refractivity contribution in [3.05, 3.63) is 12.3 Å². The number of imide groups is 1. The van der Waals surface area contributed by atoms with E-state index in [-0.39, 0.29) is 23.7 Å². The van der Waals surface area contributed by atoms with Gasteiger partial charge in [0.05, 0.1) is 0 Å². The molecule has 0 aromatic rings. The molecule has 0 aromatic carbocycles. The predicted octanol–water partition coefficient (Wildman–Crippen LogP) is 1.38. The maximum Gasteiger partial charge on any atom is 0.329 e. The molecule has 1 heterocycles. The van der Waals surface area contributed by atoms with Gasteiger partial charge in [-0.05, 0) is 12.8 Å². The highest BCUT2D eigenvalue weighted by Gasteiger charge is 2.37. The summed E-state index contributed by atoms with van der Waals surface area (Å²) in [4.78, 5) is 24.3. The molecule has 0 atom stereocenters. The molecule has 0 aromatic heterocycles. The quantitative estimate of drug-likeness (QED) is 0.506. The summed E-state index contributed by atoms with van der Waals surface area (Å²) >= 11 is 0. The summed E-state index contributed by atoms with van der Waals surface area (Å²) in [7, 11) is 0. The lowest BCUT2D eigenvalue weighted by molar-refractivity contribution is -0.124. The molecular weight excluding hydrogens is 180 g/mol. The van der Waals surface area contributed by atoms with Gasteiger partial charge in [-0.1, -0.05) is 25.8 Å². The van der Waals surface area contributed by atoms with E-state index in [9.17, 15) is 9.59 Å². The Hall–Kier alpha value is -1.32. The third-order valence-corrected chi connectivity index (χ3v) is 2.89. The Bertz CT molecular complexity index is 292. The second-order valence-electron chi connectivity index (χ2n) is 3.88. The van der Waals surface area contributed by atoms with Crippen LogP contribution >= 0.6 is 0 Å². The Labute approximate surface area is 83.0 Å². The van der Waals surface area contributed by atoms with Crippen LogP contribution in [0.5, 0.6) is 0 Å². The molecule has 0 radical (unpaired) electrons. The van der Waals surface area contributed by atoms with Crippen molar-refractivity contribution in [1.82, 2.24) is 10.2 Å². The first-order chi connectivity index (χ1) is 6.70. The highest BCUT2D eigenvalue weighted by molar-refractivity contribution is 6.11. The van der Waals surface area contributed by atoms with Crippen molar-refractivity contribution in [1.29, 1.82) is 0 Å². The lowest BCUT2D eigenvalue weighted by Gasteiger charge is -2.28. The van der Waals surface area contributed by atoms with Gasteiger partial charge >= 0.3 is 6.03 Å². The molecule has 1 N–H and O–H groups in total. The lowest BCUT2D eigenvalue weighted by atomic mass is 9.94. The molecule has 1 saturated heterocycles. The van der Waals surface area contributed by atoms with Crippen LogP contribution in [0.15, 0.2) is 12.3 Å². The first-order valence-corrected chi connectivity index (χ1v) is 5.03. The van der Waals surface area contributed by atoms with E-state index in [1.165, 1.54) is 11.3 Å². The van der Waals surface area contributed by atoms with Crippen molar-refractivity contribution in [3.8, 4) is 0 Å². The molecule has 76 valence electrons. The maximum atomic E-state index is 11.6. The molecule has 2 aliphatic rings. The zero-order valence-electron chi connectivity index (χ0n) is 8.08. The van der Waals surface area contributed by atoms with Crippen LogP contribution in [0.3, 0.4) is 0 Å². The molecule has 0 unspecified atom stereocenters. The fourth-order valence-electron chi connectivity index (χ4n) is 2.15. The number of carbonyl (C=O) groups excluding carboxylic acids is 2. The van der Waals surface area contributed by atoms with Gasteiger partial charge in [-0.15, -0.1) is 0 Å². The highest BCUT2D eigenvalue weighted by atomic mass is 16.2. The first-order valence-electron chi connectivity index (χ1n) is 5.03. The molecule has 4 nitrogen and oxygen atoms in total. The topological polar surface area (TPSA) is 49.4 Å². The van der Waals surface area contributed by atoms with Crippen molar-refractivity contribution in [3.63, 3.8) is 0 Å². The van der Waals surface area contributed by atoms with Gasteiger partial charge in [0.15, 0.2) is 0 Å². The van der Waals surface area contributed by atoms with E-state index < -0.39 is 0 Å². The Balaban J connectivity index is 2.12. The number of carbonyl (C=O) groups is 2. The third-order valence-electron chi connectivity index (χ3n) is 2.89. The van der Waals surface area contributed by atoms with E-state index in [1.807, 2.05) is 0 Å². The normalized spacial score (nSPS) is 24.3. The monoisotopic (exact) mass is 194 g/mol. The number of amides is 3. The molecule has 4 heteroatoms.